The summed E-state index contributed by atoms with van der Waals surface area (Å²) in [4.78, 5) is 11.8. The van der Waals surface area contributed by atoms with Crippen molar-refractivity contribution in [3.63, 3.8) is 0 Å². The molecule has 1 spiro atoms. The quantitative estimate of drug-likeness (QED) is 0.776. The van der Waals surface area contributed by atoms with Crippen LogP contribution in [0.25, 0.3) is 0 Å². The van der Waals surface area contributed by atoms with Gasteiger partial charge in [-0.15, -0.1) is 5.10 Å². The summed E-state index contributed by atoms with van der Waals surface area (Å²) in [6.07, 6.45) is 4.73. The Morgan fingerprint density at radius 2 is 2.20 bits per heavy atom. The van der Waals surface area contributed by atoms with Crippen LogP contribution in [0.15, 0.2) is 0 Å². The van der Waals surface area contributed by atoms with Crippen LogP contribution in [0.3, 0.4) is 0 Å². The van der Waals surface area contributed by atoms with Gasteiger partial charge in [-0.2, -0.15) is 4.31 Å². The molecule has 1 aromatic rings. The number of hydrogen-bond acceptors (Lipinski definition) is 6. The van der Waals surface area contributed by atoms with Gasteiger partial charge in [0.05, 0.1) is 31.6 Å². The maximum absolute atomic E-state index is 11.9. The molecule has 138 valence electrons. The maximum Gasteiger partial charge on any atom is 0.223 e. The van der Waals surface area contributed by atoms with Crippen molar-refractivity contribution in [1.82, 2.24) is 24.6 Å². The van der Waals surface area contributed by atoms with Crippen molar-refractivity contribution in [2.75, 3.05) is 19.3 Å². The molecule has 10 heteroatoms. The van der Waals surface area contributed by atoms with Crippen LogP contribution < -0.4 is 5.32 Å². The molecule has 1 unspecified atom stereocenters. The van der Waals surface area contributed by atoms with Gasteiger partial charge in [0.2, 0.25) is 15.9 Å². The third-order valence-electron chi connectivity index (χ3n) is 5.22. The molecule has 9 nitrogen and oxygen atoms in total. The van der Waals surface area contributed by atoms with E-state index < -0.39 is 15.6 Å². The summed E-state index contributed by atoms with van der Waals surface area (Å²) in [5.74, 6) is 0.237. The zero-order chi connectivity index (χ0) is 17.7. The lowest BCUT2D eigenvalue weighted by Crippen LogP contribution is -2.55. The second kappa shape index (κ2) is 6.03. The summed E-state index contributed by atoms with van der Waals surface area (Å²) in [6.45, 7) is 2.05. The Kier molecular flexibility index (Phi) is 4.08. The molecule has 1 saturated carbocycles. The number of rotatable bonds is 4. The lowest BCUT2D eigenvalue weighted by Gasteiger charge is -2.43. The molecule has 1 amide bonds. The Hall–Kier alpha value is -1.52. The first-order valence-corrected chi connectivity index (χ1v) is 10.5. The predicted octanol–water partition coefficient (Wildman–Crippen LogP) is -0.371. The van der Waals surface area contributed by atoms with Crippen LogP contribution in [0, 0.1) is 5.92 Å². The molecule has 2 fully saturated rings. The third-order valence-corrected chi connectivity index (χ3v) is 6.47. The second-order valence-corrected chi connectivity index (χ2v) is 9.29. The van der Waals surface area contributed by atoms with Crippen LogP contribution in [0.2, 0.25) is 0 Å². The number of ether oxygens (including phenoxy) is 1. The third kappa shape index (κ3) is 3.42. The molecule has 1 N–H and O–H groups in total. The minimum atomic E-state index is -3.23. The summed E-state index contributed by atoms with van der Waals surface area (Å²) < 4.78 is 33.1. The molecular formula is C15H23N5O4S. The van der Waals surface area contributed by atoms with E-state index in [1.165, 1.54) is 10.6 Å². The number of nitrogens with one attached hydrogen (secondary N) is 1. The number of piperidine rings is 1. The normalized spacial score (nSPS) is 27.2. The Labute approximate surface area is 146 Å². The maximum atomic E-state index is 11.9. The number of aromatic nitrogens is 3. The van der Waals surface area contributed by atoms with E-state index >= 15 is 0 Å². The highest BCUT2D eigenvalue weighted by Crippen LogP contribution is 2.33. The molecule has 1 saturated heterocycles. The largest absolute Gasteiger partial charge is 0.365 e. The molecule has 25 heavy (non-hydrogen) atoms. The Bertz CT molecular complexity index is 788. The molecule has 0 radical (unpaired) electrons. The summed E-state index contributed by atoms with van der Waals surface area (Å²) in [7, 11) is -3.23. The fourth-order valence-electron chi connectivity index (χ4n) is 3.58. The van der Waals surface area contributed by atoms with Crippen molar-refractivity contribution in [3.05, 3.63) is 11.4 Å². The number of carbonyl (C=O) groups is 1. The van der Waals surface area contributed by atoms with E-state index in [9.17, 15) is 13.2 Å². The highest BCUT2D eigenvalue weighted by Gasteiger charge is 2.43. The molecule has 2 aliphatic heterocycles. The first-order chi connectivity index (χ1) is 11.9. The van der Waals surface area contributed by atoms with Gasteiger partial charge in [-0.1, -0.05) is 5.21 Å². The fraction of sp³-hybridized carbons (Fsp3) is 0.800. The number of sulfonamides is 1. The van der Waals surface area contributed by atoms with Crippen LogP contribution in [0.1, 0.15) is 37.1 Å². The molecular weight excluding hydrogens is 346 g/mol. The molecule has 3 aliphatic rings. The zero-order valence-corrected chi connectivity index (χ0v) is 15.1. The summed E-state index contributed by atoms with van der Waals surface area (Å²) in [6, 6.07) is 0. The lowest BCUT2D eigenvalue weighted by atomic mass is 9.92. The topological polar surface area (TPSA) is 106 Å². The van der Waals surface area contributed by atoms with Gasteiger partial charge in [-0.05, 0) is 25.7 Å². The Morgan fingerprint density at radius 3 is 2.92 bits per heavy atom. The molecule has 0 bridgehead atoms. The second-order valence-electron chi connectivity index (χ2n) is 7.30. The van der Waals surface area contributed by atoms with Gasteiger partial charge in [0.1, 0.15) is 11.3 Å². The minimum absolute atomic E-state index is 0.0750. The van der Waals surface area contributed by atoms with Crippen LogP contribution in [0.4, 0.5) is 0 Å². The van der Waals surface area contributed by atoms with Crippen molar-refractivity contribution in [1.29, 1.82) is 0 Å². The number of fused-ring (bicyclic) bond motifs is 1. The van der Waals surface area contributed by atoms with Gasteiger partial charge in [0, 0.05) is 19.0 Å². The predicted molar refractivity (Wildman–Crippen MR) is 87.8 cm³/mol. The average Bonchev–Trinajstić information content (AvgIpc) is 3.34. The standard InChI is InChI=1S/C15H23N5O4S/c1-25(22,23)19-6-2-5-15(9-19)10-20-13(8-24-15)12(17-18-20)7-16-14(21)11-3-4-11/h11H,2-10H2,1H3,(H,16,21). The molecule has 3 heterocycles. The van der Waals surface area contributed by atoms with Gasteiger partial charge in [-0.3, -0.25) is 4.79 Å². The number of nitrogens with zero attached hydrogens (tertiary/aromatic N) is 4. The summed E-state index contributed by atoms with van der Waals surface area (Å²) in [5, 5.41) is 11.3. The lowest BCUT2D eigenvalue weighted by molar-refractivity contribution is -0.122. The molecule has 1 atom stereocenters. The fourth-order valence-corrected chi connectivity index (χ4v) is 4.51. The van der Waals surface area contributed by atoms with Gasteiger partial charge in [0.25, 0.3) is 0 Å². The molecule has 1 aromatic heterocycles. The average molecular weight is 369 g/mol. The number of amides is 1. The Morgan fingerprint density at radius 1 is 1.40 bits per heavy atom. The van der Waals surface area contributed by atoms with Gasteiger partial charge < -0.3 is 10.1 Å². The Balaban J connectivity index is 1.45. The summed E-state index contributed by atoms with van der Waals surface area (Å²) >= 11 is 0. The molecule has 1 aliphatic carbocycles. The van der Waals surface area contributed by atoms with Crippen LogP contribution in [-0.2, 0) is 39.3 Å². The van der Waals surface area contributed by atoms with E-state index in [1.54, 1.807) is 4.68 Å². The highest BCUT2D eigenvalue weighted by atomic mass is 32.2. The number of hydrogen-bond donors (Lipinski definition) is 1. The molecule has 0 aromatic carbocycles. The SMILES string of the molecule is CS(=O)(=O)N1CCCC2(C1)Cn1nnc(CNC(=O)C3CC3)c1CO2. The zero-order valence-electron chi connectivity index (χ0n) is 14.3. The van der Waals surface area contributed by atoms with Crippen molar-refractivity contribution in [2.24, 2.45) is 5.92 Å². The van der Waals surface area contributed by atoms with Gasteiger partial charge >= 0.3 is 0 Å². The van der Waals surface area contributed by atoms with Gasteiger partial charge in [-0.25, -0.2) is 13.1 Å². The summed E-state index contributed by atoms with van der Waals surface area (Å²) in [5.41, 5.74) is 1.04. The van der Waals surface area contributed by atoms with E-state index in [-0.39, 0.29) is 11.8 Å². The van der Waals surface area contributed by atoms with Gasteiger partial charge in [0.15, 0.2) is 0 Å². The van der Waals surface area contributed by atoms with E-state index in [2.05, 4.69) is 15.6 Å². The van der Waals surface area contributed by atoms with Crippen LogP contribution in [-0.4, -0.2) is 58.6 Å². The van der Waals surface area contributed by atoms with Crippen molar-refractivity contribution in [2.45, 2.75) is 51.0 Å². The van der Waals surface area contributed by atoms with Crippen molar-refractivity contribution >= 4 is 15.9 Å². The van der Waals surface area contributed by atoms with E-state index in [0.717, 1.165) is 37.1 Å². The first-order valence-electron chi connectivity index (χ1n) is 8.64. The first kappa shape index (κ1) is 16.9. The van der Waals surface area contributed by atoms with Crippen molar-refractivity contribution < 1.29 is 17.9 Å². The van der Waals surface area contributed by atoms with Crippen LogP contribution >= 0.6 is 0 Å². The monoisotopic (exact) mass is 369 g/mol. The van der Waals surface area contributed by atoms with E-state index in [1.807, 2.05) is 0 Å². The van der Waals surface area contributed by atoms with E-state index in [0.29, 0.717) is 32.8 Å². The minimum Gasteiger partial charge on any atom is -0.365 e. The highest BCUT2D eigenvalue weighted by molar-refractivity contribution is 7.88. The van der Waals surface area contributed by atoms with Crippen LogP contribution in [0.5, 0.6) is 0 Å². The smallest absolute Gasteiger partial charge is 0.223 e. The van der Waals surface area contributed by atoms with Crippen molar-refractivity contribution in [3.8, 4) is 0 Å². The molecule has 4 rings (SSSR count). The van der Waals surface area contributed by atoms with E-state index in [4.69, 9.17) is 4.74 Å². The number of carbonyl (C=O) groups excluding carboxylic acids is 1.